The molecule has 0 aromatic heterocycles. The van der Waals surface area contributed by atoms with E-state index in [1.807, 2.05) is 14.2 Å². The van der Waals surface area contributed by atoms with Crippen molar-refractivity contribution in [3.63, 3.8) is 0 Å². The Bertz CT molecular complexity index is 261. The molecule has 2 aliphatic heterocycles. The molecule has 0 amide bonds. The molecule has 112 valence electrons. The van der Waals surface area contributed by atoms with Gasteiger partial charge in [0.1, 0.15) is 0 Å². The van der Waals surface area contributed by atoms with Gasteiger partial charge in [0.15, 0.2) is 0 Å². The average Bonchev–Trinajstić information content (AvgIpc) is 2.42. The van der Waals surface area contributed by atoms with E-state index in [4.69, 9.17) is 9.47 Å². The zero-order valence-corrected chi connectivity index (χ0v) is 12.8. The second-order valence-electron chi connectivity index (χ2n) is 6.46. The van der Waals surface area contributed by atoms with Gasteiger partial charge >= 0.3 is 0 Å². The molecular weight excluding hydrogens is 240 g/mol. The molecule has 1 N–H and O–H groups in total. The van der Waals surface area contributed by atoms with Crippen LogP contribution in [0.2, 0.25) is 0 Å². The molecule has 2 aliphatic rings. The number of methoxy groups -OCH3 is 2. The van der Waals surface area contributed by atoms with Gasteiger partial charge in [-0.2, -0.15) is 0 Å². The number of piperidine rings is 2. The molecule has 4 heteroatoms. The number of nitrogens with one attached hydrogen (secondary N) is 1. The molecular formula is C15H30N2O2. The fraction of sp³-hybridized carbons (Fsp3) is 1.00. The molecule has 0 saturated carbocycles. The molecule has 2 saturated heterocycles. The molecule has 2 rings (SSSR count). The molecule has 0 aromatic rings. The van der Waals surface area contributed by atoms with E-state index in [2.05, 4.69) is 17.1 Å². The van der Waals surface area contributed by atoms with Gasteiger partial charge in [0.25, 0.3) is 0 Å². The third kappa shape index (κ3) is 3.91. The largest absolute Gasteiger partial charge is 0.384 e. The third-order valence-electron chi connectivity index (χ3n) is 4.95. The van der Waals surface area contributed by atoms with Gasteiger partial charge in [0.05, 0.1) is 12.7 Å². The van der Waals surface area contributed by atoms with Crippen molar-refractivity contribution in [1.82, 2.24) is 10.2 Å². The summed E-state index contributed by atoms with van der Waals surface area (Å²) in [6.07, 6.45) is 4.10. The summed E-state index contributed by atoms with van der Waals surface area (Å²) in [5.41, 5.74) is 0.346. The Hall–Kier alpha value is -0.160. The van der Waals surface area contributed by atoms with Crippen molar-refractivity contribution < 1.29 is 9.47 Å². The summed E-state index contributed by atoms with van der Waals surface area (Å²) < 4.78 is 11.1. The molecule has 2 atom stereocenters. The highest BCUT2D eigenvalue weighted by Gasteiger charge is 2.36. The standard InChI is InChI=1S/C15H30N2O2/c1-13-4-9-17(10-14(13)19-3)11-15(12-18-2)5-7-16-8-6-15/h13-14,16H,4-12H2,1-3H3. The summed E-state index contributed by atoms with van der Waals surface area (Å²) >= 11 is 0. The number of rotatable bonds is 5. The molecule has 2 unspecified atom stereocenters. The number of hydrogen-bond donors (Lipinski definition) is 1. The van der Waals surface area contributed by atoms with Crippen molar-refractivity contribution in [3.05, 3.63) is 0 Å². The highest BCUT2D eigenvalue weighted by Crippen LogP contribution is 2.32. The predicted molar refractivity (Wildman–Crippen MR) is 77.4 cm³/mol. The van der Waals surface area contributed by atoms with Crippen molar-refractivity contribution in [3.8, 4) is 0 Å². The molecule has 0 aromatic carbocycles. The maximum atomic E-state index is 5.63. The highest BCUT2D eigenvalue weighted by molar-refractivity contribution is 4.90. The van der Waals surface area contributed by atoms with Gasteiger partial charge in [0, 0.05) is 32.7 Å². The fourth-order valence-electron chi connectivity index (χ4n) is 3.63. The third-order valence-corrected chi connectivity index (χ3v) is 4.95. The highest BCUT2D eigenvalue weighted by atomic mass is 16.5. The summed E-state index contributed by atoms with van der Waals surface area (Å²) in [5.74, 6) is 0.688. The SMILES string of the molecule is COCC1(CN2CCC(C)C(OC)C2)CCNCC1. The van der Waals surface area contributed by atoms with Crippen molar-refractivity contribution in [1.29, 1.82) is 0 Å². The molecule has 0 aliphatic carbocycles. The van der Waals surface area contributed by atoms with Crippen LogP contribution in [-0.4, -0.2) is 64.6 Å². The monoisotopic (exact) mass is 270 g/mol. The van der Waals surface area contributed by atoms with Gasteiger partial charge in [-0.3, -0.25) is 0 Å². The Kier molecular flexibility index (Phi) is 5.63. The van der Waals surface area contributed by atoms with Crippen LogP contribution in [0.3, 0.4) is 0 Å². The van der Waals surface area contributed by atoms with Crippen molar-refractivity contribution >= 4 is 0 Å². The summed E-state index contributed by atoms with van der Waals surface area (Å²) in [4.78, 5) is 2.60. The van der Waals surface area contributed by atoms with E-state index in [9.17, 15) is 0 Å². The zero-order valence-electron chi connectivity index (χ0n) is 12.8. The Balaban J connectivity index is 1.93. The van der Waals surface area contributed by atoms with E-state index in [0.29, 0.717) is 17.4 Å². The minimum Gasteiger partial charge on any atom is -0.384 e. The Morgan fingerprint density at radius 3 is 2.63 bits per heavy atom. The van der Waals surface area contributed by atoms with Crippen LogP contribution in [0.1, 0.15) is 26.2 Å². The molecule has 2 fully saturated rings. The molecule has 19 heavy (non-hydrogen) atoms. The smallest absolute Gasteiger partial charge is 0.0724 e. The van der Waals surface area contributed by atoms with Crippen LogP contribution in [0.4, 0.5) is 0 Å². The van der Waals surface area contributed by atoms with Crippen LogP contribution in [0.25, 0.3) is 0 Å². The second kappa shape index (κ2) is 7.02. The summed E-state index contributed by atoms with van der Waals surface area (Å²) in [7, 11) is 3.68. The first-order chi connectivity index (χ1) is 9.19. The second-order valence-corrected chi connectivity index (χ2v) is 6.46. The van der Waals surface area contributed by atoms with Gasteiger partial charge in [-0.25, -0.2) is 0 Å². The first kappa shape index (κ1) is 15.2. The van der Waals surface area contributed by atoms with E-state index >= 15 is 0 Å². The van der Waals surface area contributed by atoms with E-state index in [0.717, 1.165) is 32.8 Å². The van der Waals surface area contributed by atoms with Gasteiger partial charge < -0.3 is 19.7 Å². The lowest BCUT2D eigenvalue weighted by Crippen LogP contribution is -2.52. The lowest BCUT2D eigenvalue weighted by Gasteiger charge is -2.44. The Morgan fingerprint density at radius 1 is 1.26 bits per heavy atom. The van der Waals surface area contributed by atoms with Gasteiger partial charge in [-0.1, -0.05) is 6.92 Å². The van der Waals surface area contributed by atoms with E-state index < -0.39 is 0 Å². The van der Waals surface area contributed by atoms with Crippen molar-refractivity contribution in [2.75, 3.05) is 53.6 Å². The lowest BCUT2D eigenvalue weighted by atomic mass is 9.78. The van der Waals surface area contributed by atoms with E-state index in [1.165, 1.54) is 25.8 Å². The molecule has 4 nitrogen and oxygen atoms in total. The maximum Gasteiger partial charge on any atom is 0.0724 e. The number of nitrogens with zero attached hydrogens (tertiary/aromatic N) is 1. The van der Waals surface area contributed by atoms with Crippen LogP contribution >= 0.6 is 0 Å². The van der Waals surface area contributed by atoms with E-state index in [-0.39, 0.29) is 0 Å². The number of ether oxygens (including phenoxy) is 2. The quantitative estimate of drug-likeness (QED) is 0.818. The summed E-state index contributed by atoms with van der Waals surface area (Å²) in [6.45, 7) is 8.90. The Labute approximate surface area is 117 Å². The average molecular weight is 270 g/mol. The normalized spacial score (nSPS) is 32.4. The first-order valence-corrected chi connectivity index (χ1v) is 7.64. The fourth-order valence-corrected chi connectivity index (χ4v) is 3.63. The number of hydrogen-bond acceptors (Lipinski definition) is 4. The molecule has 0 radical (unpaired) electrons. The van der Waals surface area contributed by atoms with Gasteiger partial charge in [0.2, 0.25) is 0 Å². The van der Waals surface area contributed by atoms with Crippen LogP contribution in [0, 0.1) is 11.3 Å². The van der Waals surface area contributed by atoms with Crippen molar-refractivity contribution in [2.24, 2.45) is 11.3 Å². The minimum absolute atomic E-state index is 0.346. The topological polar surface area (TPSA) is 33.7 Å². The van der Waals surface area contributed by atoms with Gasteiger partial charge in [-0.15, -0.1) is 0 Å². The zero-order chi connectivity index (χ0) is 13.7. The van der Waals surface area contributed by atoms with Crippen LogP contribution in [-0.2, 0) is 9.47 Å². The predicted octanol–water partition coefficient (Wildman–Crippen LogP) is 1.36. The summed E-state index contributed by atoms with van der Waals surface area (Å²) in [6, 6.07) is 0. The first-order valence-electron chi connectivity index (χ1n) is 7.64. The van der Waals surface area contributed by atoms with Crippen LogP contribution in [0.5, 0.6) is 0 Å². The molecule has 0 bridgehead atoms. The van der Waals surface area contributed by atoms with Crippen LogP contribution in [0.15, 0.2) is 0 Å². The molecule has 0 spiro atoms. The summed E-state index contributed by atoms with van der Waals surface area (Å²) in [5, 5.41) is 3.46. The molecule has 2 heterocycles. The minimum atomic E-state index is 0.346. The maximum absolute atomic E-state index is 5.63. The Morgan fingerprint density at radius 2 is 2.00 bits per heavy atom. The van der Waals surface area contributed by atoms with Gasteiger partial charge in [-0.05, 0) is 44.8 Å². The number of likely N-dealkylation sites (tertiary alicyclic amines) is 1. The van der Waals surface area contributed by atoms with E-state index in [1.54, 1.807) is 0 Å². The van der Waals surface area contributed by atoms with Crippen molar-refractivity contribution in [2.45, 2.75) is 32.3 Å². The van der Waals surface area contributed by atoms with Crippen LogP contribution < -0.4 is 5.32 Å². The lowest BCUT2D eigenvalue weighted by molar-refractivity contribution is -0.0365.